The number of fused-ring (bicyclic) bond motifs is 1. The maximum absolute atomic E-state index is 10.7. The molecule has 1 aromatic carbocycles. The summed E-state index contributed by atoms with van der Waals surface area (Å²) in [6, 6.07) is 10.1. The molecule has 0 aliphatic carbocycles. The quantitative estimate of drug-likeness (QED) is 0.793. The topological polar surface area (TPSA) is 66.5 Å². The molecule has 25 heavy (non-hydrogen) atoms. The molecule has 0 bridgehead atoms. The van der Waals surface area contributed by atoms with Gasteiger partial charge in [-0.2, -0.15) is 0 Å². The molecule has 1 fully saturated rings. The van der Waals surface area contributed by atoms with Gasteiger partial charge in [0.1, 0.15) is 6.33 Å². The zero-order chi connectivity index (χ0) is 17.1. The van der Waals surface area contributed by atoms with Gasteiger partial charge >= 0.3 is 0 Å². The first kappa shape index (κ1) is 16.0. The first-order valence-corrected chi connectivity index (χ1v) is 8.97. The molecule has 0 radical (unpaired) electrons. The molecule has 3 aromatic rings. The predicted octanol–water partition coefficient (Wildman–Crippen LogP) is 3.00. The van der Waals surface area contributed by atoms with Gasteiger partial charge in [0.15, 0.2) is 5.82 Å². The molecule has 6 nitrogen and oxygen atoms in total. The van der Waals surface area contributed by atoms with Gasteiger partial charge in [0.25, 0.3) is 0 Å². The number of hydrogen-bond acceptors (Lipinski definition) is 5. The van der Waals surface area contributed by atoms with Crippen LogP contribution >= 0.6 is 0 Å². The van der Waals surface area contributed by atoms with Crippen LogP contribution in [0, 0.1) is 0 Å². The molecule has 4 rings (SSSR count). The van der Waals surface area contributed by atoms with Crippen LogP contribution in [0.15, 0.2) is 49.1 Å². The van der Waals surface area contributed by atoms with Crippen molar-refractivity contribution in [3.8, 4) is 0 Å². The second-order valence-corrected chi connectivity index (χ2v) is 6.67. The van der Waals surface area contributed by atoms with Gasteiger partial charge in [-0.05, 0) is 24.8 Å². The van der Waals surface area contributed by atoms with E-state index >= 15 is 0 Å². The Morgan fingerprint density at radius 3 is 2.92 bits per heavy atom. The van der Waals surface area contributed by atoms with Crippen LogP contribution in [0.3, 0.4) is 0 Å². The summed E-state index contributed by atoms with van der Waals surface area (Å²) in [5, 5.41) is 19.0. The van der Waals surface area contributed by atoms with Crippen LogP contribution in [0.5, 0.6) is 0 Å². The Morgan fingerprint density at radius 1 is 1.16 bits per heavy atom. The third-order valence-corrected chi connectivity index (χ3v) is 5.03. The van der Waals surface area contributed by atoms with E-state index in [-0.39, 0.29) is 6.04 Å². The number of aromatic nitrogens is 4. The highest BCUT2D eigenvalue weighted by Gasteiger charge is 2.27. The lowest BCUT2D eigenvalue weighted by molar-refractivity contribution is 0.155. The van der Waals surface area contributed by atoms with Crippen molar-refractivity contribution >= 4 is 11.5 Å². The molecule has 0 unspecified atom stereocenters. The van der Waals surface area contributed by atoms with Gasteiger partial charge in [-0.25, -0.2) is 4.98 Å². The van der Waals surface area contributed by atoms with Crippen LogP contribution in [-0.4, -0.2) is 37.3 Å². The van der Waals surface area contributed by atoms with E-state index in [9.17, 15) is 5.11 Å². The second-order valence-electron chi connectivity index (χ2n) is 6.67. The molecule has 0 saturated carbocycles. The predicted molar refractivity (Wildman–Crippen MR) is 96.4 cm³/mol. The molecule has 1 saturated heterocycles. The van der Waals surface area contributed by atoms with Crippen molar-refractivity contribution in [2.45, 2.75) is 44.2 Å². The van der Waals surface area contributed by atoms with Gasteiger partial charge in [-0.3, -0.25) is 4.40 Å². The Morgan fingerprint density at radius 2 is 2.04 bits per heavy atom. The summed E-state index contributed by atoms with van der Waals surface area (Å²) < 4.78 is 1.90. The summed E-state index contributed by atoms with van der Waals surface area (Å²) in [5.74, 6) is 0.868. The Balaban J connectivity index is 1.63. The fourth-order valence-electron chi connectivity index (χ4n) is 3.72. The van der Waals surface area contributed by atoms with Crippen LogP contribution in [-0.2, 0) is 0 Å². The molecule has 3 heterocycles. The first-order chi connectivity index (χ1) is 12.3. The monoisotopic (exact) mass is 337 g/mol. The Hall–Kier alpha value is -2.47. The molecule has 1 aliphatic rings. The van der Waals surface area contributed by atoms with Gasteiger partial charge < -0.3 is 10.0 Å². The van der Waals surface area contributed by atoms with Crippen molar-refractivity contribution in [2.24, 2.45) is 0 Å². The highest BCUT2D eigenvalue weighted by Crippen LogP contribution is 2.30. The smallest absolute Gasteiger partial charge is 0.203 e. The molecule has 2 atom stereocenters. The van der Waals surface area contributed by atoms with Gasteiger partial charge in [-0.15, -0.1) is 10.2 Å². The maximum atomic E-state index is 10.7. The van der Waals surface area contributed by atoms with E-state index in [1.807, 2.05) is 40.9 Å². The number of hydrogen-bond donors (Lipinski definition) is 1. The van der Waals surface area contributed by atoms with Gasteiger partial charge in [0.2, 0.25) is 5.65 Å². The summed E-state index contributed by atoms with van der Waals surface area (Å²) in [6.07, 6.45) is 10.2. The average Bonchev–Trinajstić information content (AvgIpc) is 3.02. The van der Waals surface area contributed by atoms with Crippen molar-refractivity contribution in [3.63, 3.8) is 0 Å². The lowest BCUT2D eigenvalue weighted by Gasteiger charge is -2.32. The Kier molecular flexibility index (Phi) is 4.61. The number of rotatable bonds is 4. The van der Waals surface area contributed by atoms with Crippen molar-refractivity contribution in [2.75, 3.05) is 11.4 Å². The summed E-state index contributed by atoms with van der Waals surface area (Å²) in [6.45, 7) is 0.936. The summed E-state index contributed by atoms with van der Waals surface area (Å²) in [4.78, 5) is 6.92. The number of anilines is 1. The van der Waals surface area contributed by atoms with Crippen molar-refractivity contribution < 1.29 is 5.11 Å². The highest BCUT2D eigenvalue weighted by atomic mass is 16.3. The lowest BCUT2D eigenvalue weighted by Crippen LogP contribution is -2.37. The number of benzene rings is 1. The largest absolute Gasteiger partial charge is 0.388 e. The van der Waals surface area contributed by atoms with Crippen molar-refractivity contribution in [1.82, 2.24) is 19.6 Å². The molecule has 130 valence electrons. The third-order valence-electron chi connectivity index (χ3n) is 5.03. The van der Waals surface area contributed by atoms with Crippen LogP contribution < -0.4 is 4.90 Å². The normalized spacial score (nSPS) is 19.7. The summed E-state index contributed by atoms with van der Waals surface area (Å²) in [7, 11) is 0. The molecule has 2 aromatic heterocycles. The van der Waals surface area contributed by atoms with Crippen LogP contribution in [0.4, 0.5) is 5.82 Å². The molecular formula is C19H23N5O. The first-order valence-electron chi connectivity index (χ1n) is 8.97. The molecule has 1 N–H and O–H groups in total. The van der Waals surface area contributed by atoms with E-state index in [0.717, 1.165) is 36.4 Å². The van der Waals surface area contributed by atoms with E-state index in [1.54, 1.807) is 12.5 Å². The second kappa shape index (κ2) is 7.19. The standard InChI is InChI=1S/C19H23N5O/c25-17(15-7-3-1-4-8-15)13-16-9-5-2-6-11-24(16)18-19-22-21-14-23(19)12-10-20-18/h1,3-4,7-8,10,12,14,16-17,25H,2,5-6,9,11,13H2/t16-,17-/m1/s1. The SMILES string of the molecule is O[C@H](C[C@H]1CCCCCN1c1nccn2cnnc12)c1ccccc1. The van der Waals surface area contributed by atoms with E-state index in [4.69, 9.17) is 0 Å². The van der Waals surface area contributed by atoms with E-state index in [0.29, 0.717) is 6.42 Å². The maximum Gasteiger partial charge on any atom is 0.203 e. The minimum atomic E-state index is -0.468. The van der Waals surface area contributed by atoms with Crippen molar-refractivity contribution in [1.29, 1.82) is 0 Å². The number of aliphatic hydroxyl groups excluding tert-OH is 1. The summed E-state index contributed by atoms with van der Waals surface area (Å²) in [5.41, 5.74) is 1.75. The third kappa shape index (κ3) is 3.35. The minimum Gasteiger partial charge on any atom is -0.388 e. The lowest BCUT2D eigenvalue weighted by atomic mass is 9.98. The van der Waals surface area contributed by atoms with Crippen LogP contribution in [0.2, 0.25) is 0 Å². The number of aliphatic hydroxyl groups is 1. The van der Waals surface area contributed by atoms with Gasteiger partial charge in [0, 0.05) is 25.0 Å². The molecular weight excluding hydrogens is 314 g/mol. The van der Waals surface area contributed by atoms with E-state index in [1.165, 1.54) is 12.8 Å². The molecule has 1 aliphatic heterocycles. The average molecular weight is 337 g/mol. The Bertz CT molecular complexity index is 819. The van der Waals surface area contributed by atoms with Gasteiger partial charge in [0.05, 0.1) is 6.10 Å². The van der Waals surface area contributed by atoms with Gasteiger partial charge in [-0.1, -0.05) is 43.2 Å². The van der Waals surface area contributed by atoms with E-state index < -0.39 is 6.10 Å². The Labute approximate surface area is 147 Å². The number of nitrogens with zero attached hydrogens (tertiary/aromatic N) is 5. The molecule has 6 heteroatoms. The van der Waals surface area contributed by atoms with Crippen LogP contribution in [0.1, 0.15) is 43.8 Å². The minimum absolute atomic E-state index is 0.244. The van der Waals surface area contributed by atoms with Crippen LogP contribution in [0.25, 0.3) is 5.65 Å². The zero-order valence-electron chi connectivity index (χ0n) is 14.2. The fraction of sp³-hybridized carbons (Fsp3) is 0.421. The summed E-state index contributed by atoms with van der Waals surface area (Å²) >= 11 is 0. The van der Waals surface area contributed by atoms with E-state index in [2.05, 4.69) is 20.1 Å². The van der Waals surface area contributed by atoms with Crippen molar-refractivity contribution in [3.05, 3.63) is 54.6 Å². The fourth-order valence-corrected chi connectivity index (χ4v) is 3.72. The molecule has 0 spiro atoms. The highest BCUT2D eigenvalue weighted by molar-refractivity contribution is 5.63. The zero-order valence-corrected chi connectivity index (χ0v) is 14.2. The molecule has 0 amide bonds.